The van der Waals surface area contributed by atoms with Gasteiger partial charge in [-0.3, -0.25) is 4.79 Å². The molecule has 0 amide bonds. The van der Waals surface area contributed by atoms with Crippen molar-refractivity contribution in [2.45, 2.75) is 44.6 Å². The number of piperidine rings is 1. The van der Waals surface area contributed by atoms with E-state index >= 15 is 0 Å². The van der Waals surface area contributed by atoms with Crippen LogP contribution in [0.3, 0.4) is 0 Å². The fourth-order valence-electron chi connectivity index (χ4n) is 4.46. The van der Waals surface area contributed by atoms with Crippen LogP contribution in [0.5, 0.6) is 5.75 Å². The Hall–Kier alpha value is -2.72. The highest BCUT2D eigenvalue weighted by molar-refractivity contribution is 7.89. The Morgan fingerprint density at radius 2 is 1.94 bits per heavy atom. The Balaban J connectivity index is 1.58. The highest BCUT2D eigenvalue weighted by atomic mass is 32.2. The number of sulfonamides is 1. The van der Waals surface area contributed by atoms with Gasteiger partial charge in [0.15, 0.2) is 0 Å². The number of carbonyl (C=O) groups excluding carboxylic acids is 1. The Labute approximate surface area is 194 Å². The number of methoxy groups -OCH3 is 1. The van der Waals surface area contributed by atoms with Crippen LogP contribution in [0.2, 0.25) is 0 Å². The summed E-state index contributed by atoms with van der Waals surface area (Å²) in [6.45, 7) is 5.94. The van der Waals surface area contributed by atoms with Gasteiger partial charge in [0.1, 0.15) is 17.4 Å². The van der Waals surface area contributed by atoms with Crippen molar-refractivity contribution < 1.29 is 22.7 Å². The van der Waals surface area contributed by atoms with Crippen LogP contribution in [0.25, 0.3) is 0 Å². The van der Waals surface area contributed by atoms with Gasteiger partial charge >= 0.3 is 5.97 Å². The molecule has 0 bridgehead atoms. The number of benzene rings is 1. The van der Waals surface area contributed by atoms with Gasteiger partial charge in [-0.1, -0.05) is 6.07 Å². The molecule has 10 heteroatoms. The van der Waals surface area contributed by atoms with Crippen molar-refractivity contribution >= 4 is 21.8 Å². The summed E-state index contributed by atoms with van der Waals surface area (Å²) in [5.41, 5.74) is 1.73. The van der Waals surface area contributed by atoms with Crippen LogP contribution in [0.4, 0.5) is 5.82 Å². The molecule has 2 aliphatic rings. The molecule has 1 aromatic carbocycles. The Morgan fingerprint density at radius 3 is 2.64 bits per heavy atom. The SMILES string of the molecule is CCOC(=O)C1CCN(c2nc(C)nc3c2CN(S(=O)(=O)c2cccc(OC)c2)CC3)CC1. The van der Waals surface area contributed by atoms with Crippen LogP contribution in [-0.4, -0.2) is 62.0 Å². The summed E-state index contributed by atoms with van der Waals surface area (Å²) < 4.78 is 38.6. The Bertz CT molecular complexity index is 1130. The monoisotopic (exact) mass is 474 g/mol. The summed E-state index contributed by atoms with van der Waals surface area (Å²) in [5, 5.41) is 0. The van der Waals surface area contributed by atoms with E-state index in [4.69, 9.17) is 14.5 Å². The van der Waals surface area contributed by atoms with Crippen molar-refractivity contribution in [2.24, 2.45) is 5.92 Å². The topological polar surface area (TPSA) is 102 Å². The second-order valence-corrected chi connectivity index (χ2v) is 10.2. The van der Waals surface area contributed by atoms with Crippen molar-refractivity contribution in [1.29, 1.82) is 0 Å². The number of fused-ring (bicyclic) bond motifs is 1. The molecule has 1 saturated heterocycles. The second-order valence-electron chi connectivity index (χ2n) is 8.30. The average molecular weight is 475 g/mol. The third kappa shape index (κ3) is 4.81. The zero-order valence-electron chi connectivity index (χ0n) is 19.3. The van der Waals surface area contributed by atoms with E-state index in [2.05, 4.69) is 9.88 Å². The fourth-order valence-corrected chi connectivity index (χ4v) is 5.90. The molecule has 0 atom stereocenters. The number of esters is 1. The highest BCUT2D eigenvalue weighted by Gasteiger charge is 2.34. The molecule has 1 fully saturated rings. The normalized spacial score (nSPS) is 17.5. The van der Waals surface area contributed by atoms with E-state index in [9.17, 15) is 13.2 Å². The van der Waals surface area contributed by atoms with E-state index in [0.29, 0.717) is 57.1 Å². The fraction of sp³-hybridized carbons (Fsp3) is 0.522. The van der Waals surface area contributed by atoms with E-state index in [1.807, 2.05) is 13.8 Å². The maximum Gasteiger partial charge on any atom is 0.309 e. The predicted octanol–water partition coefficient (Wildman–Crippen LogP) is 2.32. The van der Waals surface area contributed by atoms with Crippen molar-refractivity contribution in [2.75, 3.05) is 38.3 Å². The van der Waals surface area contributed by atoms with Gasteiger partial charge in [0.25, 0.3) is 0 Å². The van der Waals surface area contributed by atoms with Gasteiger partial charge in [0.2, 0.25) is 10.0 Å². The van der Waals surface area contributed by atoms with Crippen molar-refractivity contribution in [3.8, 4) is 5.75 Å². The number of carbonyl (C=O) groups is 1. The van der Waals surface area contributed by atoms with Gasteiger partial charge in [0, 0.05) is 44.2 Å². The minimum atomic E-state index is -3.70. The Morgan fingerprint density at radius 1 is 1.18 bits per heavy atom. The van der Waals surface area contributed by atoms with Crippen LogP contribution in [0.15, 0.2) is 29.2 Å². The Kier molecular flexibility index (Phi) is 6.85. The molecule has 0 saturated carbocycles. The lowest BCUT2D eigenvalue weighted by Gasteiger charge is -2.35. The molecule has 0 N–H and O–H groups in total. The zero-order chi connectivity index (χ0) is 23.6. The molecule has 0 spiro atoms. The maximum atomic E-state index is 13.4. The molecule has 2 aliphatic heterocycles. The van der Waals surface area contributed by atoms with Crippen molar-refractivity contribution in [1.82, 2.24) is 14.3 Å². The van der Waals surface area contributed by atoms with Gasteiger partial charge in [-0.05, 0) is 38.8 Å². The molecule has 4 rings (SSSR count). The number of anilines is 1. The summed E-state index contributed by atoms with van der Waals surface area (Å²) in [5.74, 6) is 1.68. The molecule has 3 heterocycles. The van der Waals surface area contributed by atoms with E-state index < -0.39 is 10.0 Å². The maximum absolute atomic E-state index is 13.4. The smallest absolute Gasteiger partial charge is 0.309 e. The quantitative estimate of drug-likeness (QED) is 0.588. The number of aryl methyl sites for hydroxylation is 1. The number of aromatic nitrogens is 2. The van der Waals surface area contributed by atoms with Crippen molar-refractivity contribution in [3.05, 3.63) is 41.3 Å². The molecule has 9 nitrogen and oxygen atoms in total. The first-order chi connectivity index (χ1) is 15.8. The van der Waals surface area contributed by atoms with Gasteiger partial charge in [-0.2, -0.15) is 4.31 Å². The number of nitrogens with zero attached hydrogens (tertiary/aromatic N) is 4. The lowest BCUT2D eigenvalue weighted by atomic mass is 9.96. The number of rotatable bonds is 6. The molecule has 1 aromatic heterocycles. The molecule has 2 aromatic rings. The predicted molar refractivity (Wildman–Crippen MR) is 123 cm³/mol. The third-order valence-electron chi connectivity index (χ3n) is 6.21. The highest BCUT2D eigenvalue weighted by Crippen LogP contribution is 2.32. The first-order valence-corrected chi connectivity index (χ1v) is 12.7. The lowest BCUT2D eigenvalue weighted by Crippen LogP contribution is -2.41. The van der Waals surface area contributed by atoms with Crippen LogP contribution in [-0.2, 0) is 32.5 Å². The van der Waals surface area contributed by atoms with Gasteiger partial charge in [-0.15, -0.1) is 0 Å². The van der Waals surface area contributed by atoms with Crippen LogP contribution in [0.1, 0.15) is 36.8 Å². The van der Waals surface area contributed by atoms with E-state index in [1.165, 1.54) is 17.5 Å². The summed E-state index contributed by atoms with van der Waals surface area (Å²) in [6.07, 6.45) is 1.89. The molecule has 0 radical (unpaired) electrons. The van der Waals surface area contributed by atoms with Gasteiger partial charge in [0.05, 0.1) is 30.2 Å². The second kappa shape index (κ2) is 9.64. The molecule has 0 aliphatic carbocycles. The van der Waals surface area contributed by atoms with E-state index in [0.717, 1.165) is 17.1 Å². The first kappa shape index (κ1) is 23.4. The minimum absolute atomic E-state index is 0.107. The van der Waals surface area contributed by atoms with Crippen LogP contribution >= 0.6 is 0 Å². The third-order valence-corrected chi connectivity index (χ3v) is 8.05. The first-order valence-electron chi connectivity index (χ1n) is 11.3. The lowest BCUT2D eigenvalue weighted by molar-refractivity contribution is -0.148. The molecule has 33 heavy (non-hydrogen) atoms. The molecular weight excluding hydrogens is 444 g/mol. The summed E-state index contributed by atoms with van der Waals surface area (Å²) >= 11 is 0. The molecule has 0 unspecified atom stereocenters. The van der Waals surface area contributed by atoms with E-state index in [-0.39, 0.29) is 23.3 Å². The number of hydrogen-bond acceptors (Lipinski definition) is 8. The minimum Gasteiger partial charge on any atom is -0.497 e. The average Bonchev–Trinajstić information content (AvgIpc) is 2.83. The summed E-state index contributed by atoms with van der Waals surface area (Å²) in [7, 11) is -2.19. The van der Waals surface area contributed by atoms with Crippen LogP contribution < -0.4 is 9.64 Å². The summed E-state index contributed by atoms with van der Waals surface area (Å²) in [6, 6.07) is 6.52. The van der Waals surface area contributed by atoms with E-state index in [1.54, 1.807) is 18.2 Å². The van der Waals surface area contributed by atoms with Gasteiger partial charge in [-0.25, -0.2) is 18.4 Å². The largest absolute Gasteiger partial charge is 0.497 e. The number of hydrogen-bond donors (Lipinski definition) is 0. The van der Waals surface area contributed by atoms with Crippen molar-refractivity contribution in [3.63, 3.8) is 0 Å². The molecular formula is C23H30N4O5S. The molecule has 178 valence electrons. The zero-order valence-corrected chi connectivity index (χ0v) is 20.1. The standard InChI is InChI=1S/C23H30N4O5S/c1-4-32-23(28)17-8-11-26(12-9-17)22-20-15-27(13-10-21(20)24-16(2)25-22)33(29,30)19-7-5-6-18(14-19)31-3/h5-7,14,17H,4,8-13,15H2,1-3H3. The van der Waals surface area contributed by atoms with Gasteiger partial charge < -0.3 is 14.4 Å². The number of ether oxygens (including phenoxy) is 2. The summed E-state index contributed by atoms with van der Waals surface area (Å²) in [4.78, 5) is 23.8. The van der Waals surface area contributed by atoms with Crippen LogP contribution in [0, 0.1) is 12.8 Å².